The monoisotopic (exact) mass is 1360 g/mol. The smallest absolute Gasteiger partial charge is 0.330 e. The van der Waals surface area contributed by atoms with Crippen molar-refractivity contribution in [1.29, 1.82) is 0 Å². The molecule has 0 aromatic heterocycles. The fourth-order valence-electron chi connectivity index (χ4n) is 13.9. The SMILES string of the molecule is C=CC(=O)OCCCCCCOc1ccc(OC(=O)C2CCC(COc3ccc4c(c3)c3c(c5cc(OCC6CCC(C(=O)Oc7ccc(OCCCOCCC8CCC9CC8O9)cc7)CC6)ccc54)=Nc4cc(-c5cccc(OCCOCCOC(=O)C=C)c5)ccc4C=C=3)CC2)cc1. The van der Waals surface area contributed by atoms with Crippen LogP contribution >= 0.6 is 0 Å². The maximum atomic E-state index is 13.5. The summed E-state index contributed by atoms with van der Waals surface area (Å²) in [4.78, 5) is 55.0. The Labute approximate surface area is 585 Å². The van der Waals surface area contributed by atoms with E-state index in [1.807, 2.05) is 66.7 Å². The third kappa shape index (κ3) is 19.6. The topological polar surface area (TPSA) is 191 Å². The highest BCUT2D eigenvalue weighted by Crippen LogP contribution is 2.41. The van der Waals surface area contributed by atoms with Crippen molar-refractivity contribution >= 4 is 62.9 Å². The molecule has 3 atom stereocenters. The molecule has 0 amide bonds. The molecule has 17 heteroatoms. The van der Waals surface area contributed by atoms with Crippen LogP contribution in [0.1, 0.15) is 115 Å². The van der Waals surface area contributed by atoms with Gasteiger partial charge >= 0.3 is 23.9 Å². The van der Waals surface area contributed by atoms with Gasteiger partial charge in [-0.15, -0.1) is 5.73 Å². The number of unbranched alkanes of at least 4 members (excludes halogenated alkanes) is 3. The minimum absolute atomic E-state index is 0.137. The Morgan fingerprint density at radius 3 is 1.64 bits per heavy atom. The van der Waals surface area contributed by atoms with E-state index in [1.54, 1.807) is 24.3 Å². The van der Waals surface area contributed by atoms with Gasteiger partial charge in [-0.05, 0) is 239 Å². The molecule has 0 radical (unpaired) electrons. The normalized spacial score (nSPS) is 19.6. The van der Waals surface area contributed by atoms with Gasteiger partial charge in [0.15, 0.2) is 0 Å². The zero-order valence-electron chi connectivity index (χ0n) is 57.1. The Kier molecular flexibility index (Phi) is 25.2. The third-order valence-electron chi connectivity index (χ3n) is 19.7. The van der Waals surface area contributed by atoms with Gasteiger partial charge in [0.05, 0.1) is 86.6 Å². The molecular weight excluding hydrogens is 1270 g/mol. The summed E-state index contributed by atoms with van der Waals surface area (Å²) in [5, 5.41) is 5.53. The second-order valence-corrected chi connectivity index (χ2v) is 26.6. The maximum Gasteiger partial charge on any atom is 0.330 e. The molecule has 0 spiro atoms. The van der Waals surface area contributed by atoms with Gasteiger partial charge in [0.2, 0.25) is 0 Å². The second kappa shape index (κ2) is 35.7. The highest BCUT2D eigenvalue weighted by molar-refractivity contribution is 6.08. The number of rotatable bonds is 36. The standard InChI is InChI=1S/C83H91NO16/c1-3-79(85)94-42-8-6-5-7-41-91-64-26-30-66(31-27-64)99-82(87)60-17-13-56(14-18-60)54-96-69-34-37-72-73-38-35-70(97-55-57-15-19-61(20-16-57)83(88)100-67-32-28-65(29-33-67)92-43-10-40-89-44-39-59-23-25-71-53-78(59)98-71)52-76(73)81-74(75(72)51-69)36-24-58-21-22-63(50-77(58)84-81)62-11-9-12-68(49-62)93-47-45-90-46-48-95-80(86)4-2/h3-4,9,11-12,21-22,24,26-35,37-38,49-52,56-57,59-61,71,78H,1-2,5-8,10,13-20,23,25,39-48,53-55H2. The molecule has 6 aliphatic rings. The van der Waals surface area contributed by atoms with E-state index in [-0.39, 0.29) is 48.8 Å². The van der Waals surface area contributed by atoms with E-state index in [2.05, 4.69) is 61.4 Å². The summed E-state index contributed by atoms with van der Waals surface area (Å²) in [5.41, 5.74) is 7.31. The molecule has 3 saturated carbocycles. The van der Waals surface area contributed by atoms with Crippen LogP contribution in [0.5, 0.6) is 40.2 Å². The van der Waals surface area contributed by atoms with Gasteiger partial charge in [0.1, 0.15) is 53.5 Å². The van der Waals surface area contributed by atoms with Crippen LogP contribution in [-0.4, -0.2) is 109 Å². The van der Waals surface area contributed by atoms with Crippen molar-refractivity contribution in [3.63, 3.8) is 0 Å². The number of carbonyl (C=O) groups excluding carboxylic acids is 4. The molecule has 0 N–H and O–H groups in total. The van der Waals surface area contributed by atoms with Crippen molar-refractivity contribution in [2.24, 2.45) is 34.6 Å². The molecule has 7 aromatic carbocycles. The average Bonchev–Trinajstić information content (AvgIpc) is 1.26. The van der Waals surface area contributed by atoms with Gasteiger partial charge in [-0.25, -0.2) is 14.6 Å². The van der Waals surface area contributed by atoms with Crippen LogP contribution in [0.2, 0.25) is 0 Å². The number of hydrogen-bond donors (Lipinski definition) is 0. The van der Waals surface area contributed by atoms with Crippen LogP contribution in [0, 0.1) is 29.6 Å². The van der Waals surface area contributed by atoms with E-state index < -0.39 is 11.9 Å². The van der Waals surface area contributed by atoms with Gasteiger partial charge in [0.25, 0.3) is 0 Å². The van der Waals surface area contributed by atoms with Crippen LogP contribution in [0.4, 0.5) is 5.69 Å². The molecule has 3 aliphatic carbocycles. The van der Waals surface area contributed by atoms with E-state index in [9.17, 15) is 19.2 Å². The molecule has 2 saturated heterocycles. The van der Waals surface area contributed by atoms with Gasteiger partial charge < -0.3 is 56.8 Å². The molecule has 3 aliphatic heterocycles. The van der Waals surface area contributed by atoms with Crippen LogP contribution < -0.4 is 43.7 Å². The van der Waals surface area contributed by atoms with Crippen molar-refractivity contribution in [1.82, 2.24) is 0 Å². The van der Waals surface area contributed by atoms with E-state index in [0.29, 0.717) is 107 Å². The molecule has 13 rings (SSSR count). The van der Waals surface area contributed by atoms with Gasteiger partial charge in [-0.2, -0.15) is 0 Å². The number of esters is 4. The summed E-state index contributed by atoms with van der Waals surface area (Å²) >= 11 is 0. The third-order valence-corrected chi connectivity index (χ3v) is 19.7. The van der Waals surface area contributed by atoms with E-state index in [4.69, 9.17) is 61.8 Å². The number of benzene rings is 7. The number of nitrogens with zero attached hydrogens (tertiary/aromatic N) is 1. The second-order valence-electron chi connectivity index (χ2n) is 26.6. The van der Waals surface area contributed by atoms with Gasteiger partial charge in [-0.1, -0.05) is 43.5 Å². The zero-order chi connectivity index (χ0) is 68.8. The summed E-state index contributed by atoms with van der Waals surface area (Å²) in [6.07, 6.45) is 20.6. The predicted octanol–water partition coefficient (Wildman–Crippen LogP) is 15.1. The highest BCUT2D eigenvalue weighted by Gasteiger charge is 2.41. The number of carbonyl (C=O) groups is 4. The summed E-state index contributed by atoms with van der Waals surface area (Å²) in [7, 11) is 0. The molecule has 7 aromatic rings. The van der Waals surface area contributed by atoms with Crippen LogP contribution in [0.15, 0.2) is 158 Å². The lowest BCUT2D eigenvalue weighted by Crippen LogP contribution is -2.47. The summed E-state index contributed by atoms with van der Waals surface area (Å²) < 4.78 is 70.4. The zero-order valence-corrected chi connectivity index (χ0v) is 57.1. The lowest BCUT2D eigenvalue weighted by atomic mass is 9.78. The first-order chi connectivity index (χ1) is 49.1. The van der Waals surface area contributed by atoms with E-state index >= 15 is 0 Å². The lowest BCUT2D eigenvalue weighted by Gasteiger charge is -2.46. The Bertz CT molecular complexity index is 4120. The van der Waals surface area contributed by atoms with Crippen molar-refractivity contribution in [3.8, 4) is 51.4 Å². The minimum Gasteiger partial charge on any atom is -0.494 e. The first-order valence-electron chi connectivity index (χ1n) is 35.8. The predicted molar refractivity (Wildman–Crippen MR) is 382 cm³/mol. The van der Waals surface area contributed by atoms with Gasteiger partial charge in [0, 0.05) is 54.5 Å². The van der Waals surface area contributed by atoms with Crippen LogP contribution in [0.25, 0.3) is 44.5 Å². The van der Waals surface area contributed by atoms with Crippen LogP contribution in [-0.2, 0) is 42.9 Å². The molecular formula is C83H91NO16. The Morgan fingerprint density at radius 1 is 0.470 bits per heavy atom. The molecule has 524 valence electrons. The Hall–Kier alpha value is -9.25. The lowest BCUT2D eigenvalue weighted by molar-refractivity contribution is -0.188. The van der Waals surface area contributed by atoms with Gasteiger partial charge in [-0.3, -0.25) is 9.59 Å². The summed E-state index contributed by atoms with van der Waals surface area (Å²) in [5.74, 6) is 4.08. The summed E-state index contributed by atoms with van der Waals surface area (Å²) in [6.45, 7) is 11.8. The average molecular weight is 1360 g/mol. The largest absolute Gasteiger partial charge is 0.494 e. The number of ether oxygens (including phenoxy) is 12. The molecule has 100 heavy (non-hydrogen) atoms. The fourth-order valence-corrected chi connectivity index (χ4v) is 13.9. The molecule has 3 unspecified atom stereocenters. The van der Waals surface area contributed by atoms with Crippen molar-refractivity contribution in [3.05, 3.63) is 169 Å². The molecule has 2 bridgehead atoms. The minimum atomic E-state index is -0.488. The van der Waals surface area contributed by atoms with Crippen LogP contribution in [0.3, 0.4) is 0 Å². The van der Waals surface area contributed by atoms with Crippen molar-refractivity contribution in [2.45, 2.75) is 121 Å². The molecule has 3 heterocycles. The van der Waals surface area contributed by atoms with E-state index in [1.165, 1.54) is 25.3 Å². The van der Waals surface area contributed by atoms with Crippen molar-refractivity contribution in [2.75, 3.05) is 72.7 Å². The quantitative estimate of drug-likeness (QED) is 0.0118. The molecule has 17 nitrogen and oxygen atoms in total. The highest BCUT2D eigenvalue weighted by atomic mass is 16.6. The first kappa shape index (κ1) is 70.6. The Balaban J connectivity index is 0.663. The Morgan fingerprint density at radius 2 is 1.01 bits per heavy atom. The maximum absolute atomic E-state index is 13.5. The first-order valence-corrected chi connectivity index (χ1v) is 35.8. The van der Waals surface area contributed by atoms with Crippen molar-refractivity contribution < 1.29 is 76.0 Å². The summed E-state index contributed by atoms with van der Waals surface area (Å²) in [6, 6.07) is 41.2. The number of hydrogen-bond acceptors (Lipinski definition) is 17. The van der Waals surface area contributed by atoms with E-state index in [0.717, 1.165) is 161 Å². The number of fused-ring (bicyclic) bond motifs is 9. The molecule has 5 fully saturated rings. The fraction of sp³-hybridized carbons (Fsp3) is 0.422.